The van der Waals surface area contributed by atoms with Crippen LogP contribution in [0.15, 0.2) is 0 Å². The molecule has 0 radical (unpaired) electrons. The van der Waals surface area contributed by atoms with Gasteiger partial charge in [0, 0.05) is 45.3 Å². The van der Waals surface area contributed by atoms with E-state index in [-0.39, 0.29) is 6.10 Å². The van der Waals surface area contributed by atoms with Crippen molar-refractivity contribution in [1.29, 1.82) is 0 Å². The van der Waals surface area contributed by atoms with Crippen LogP contribution in [-0.4, -0.2) is 85.3 Å². The van der Waals surface area contributed by atoms with Crippen LogP contribution in [-0.2, 0) is 0 Å². The third-order valence-electron chi connectivity index (χ3n) is 4.18. The Balaban J connectivity index is 1.70. The molecule has 0 aromatic heterocycles. The van der Waals surface area contributed by atoms with Gasteiger partial charge in [-0.2, -0.15) is 0 Å². The van der Waals surface area contributed by atoms with Crippen LogP contribution >= 0.6 is 0 Å². The van der Waals surface area contributed by atoms with E-state index in [2.05, 4.69) is 28.8 Å². The molecule has 1 aliphatic heterocycles. The quantitative estimate of drug-likeness (QED) is 0.755. The highest BCUT2D eigenvalue weighted by molar-refractivity contribution is 4.87. The number of nitrogens with zero attached hydrogens (tertiary/aromatic N) is 3. The molecule has 4 heteroatoms. The van der Waals surface area contributed by atoms with Gasteiger partial charge in [0.2, 0.25) is 0 Å². The average molecular weight is 241 g/mol. The lowest BCUT2D eigenvalue weighted by Gasteiger charge is -2.39. The van der Waals surface area contributed by atoms with Crippen molar-refractivity contribution in [1.82, 2.24) is 14.7 Å². The molecule has 1 aliphatic carbocycles. The Bertz CT molecular complexity index is 227. The van der Waals surface area contributed by atoms with Crippen LogP contribution in [0.4, 0.5) is 0 Å². The maximum atomic E-state index is 9.92. The second kappa shape index (κ2) is 6.14. The fourth-order valence-corrected chi connectivity index (χ4v) is 3.01. The Kier molecular flexibility index (Phi) is 4.79. The van der Waals surface area contributed by atoms with Crippen molar-refractivity contribution in [3.05, 3.63) is 0 Å². The van der Waals surface area contributed by atoms with Gasteiger partial charge >= 0.3 is 0 Å². The minimum atomic E-state index is -0.0664. The number of rotatable bonds is 4. The van der Waals surface area contributed by atoms with Crippen LogP contribution in [0.3, 0.4) is 0 Å². The third kappa shape index (κ3) is 3.65. The largest absolute Gasteiger partial charge is 0.391 e. The van der Waals surface area contributed by atoms with Gasteiger partial charge in [-0.1, -0.05) is 0 Å². The predicted octanol–water partition coefficient (Wildman–Crippen LogP) is 0.0790. The van der Waals surface area contributed by atoms with Crippen LogP contribution in [0.5, 0.6) is 0 Å². The van der Waals surface area contributed by atoms with Crippen LogP contribution in [0.25, 0.3) is 0 Å². The van der Waals surface area contributed by atoms with Crippen molar-refractivity contribution < 1.29 is 5.11 Å². The minimum Gasteiger partial charge on any atom is -0.391 e. The monoisotopic (exact) mass is 241 g/mol. The molecule has 2 atom stereocenters. The van der Waals surface area contributed by atoms with E-state index in [1.165, 1.54) is 19.4 Å². The van der Waals surface area contributed by atoms with E-state index in [0.717, 1.165) is 39.1 Å². The molecule has 1 saturated carbocycles. The van der Waals surface area contributed by atoms with Crippen LogP contribution in [0, 0.1) is 0 Å². The van der Waals surface area contributed by atoms with Gasteiger partial charge in [0.1, 0.15) is 0 Å². The van der Waals surface area contributed by atoms with Gasteiger partial charge in [0.05, 0.1) is 6.10 Å². The molecule has 0 spiro atoms. The Morgan fingerprint density at radius 3 is 2.35 bits per heavy atom. The van der Waals surface area contributed by atoms with Crippen LogP contribution in [0.2, 0.25) is 0 Å². The molecular weight excluding hydrogens is 214 g/mol. The van der Waals surface area contributed by atoms with Crippen LogP contribution < -0.4 is 0 Å². The Morgan fingerprint density at radius 2 is 1.82 bits per heavy atom. The van der Waals surface area contributed by atoms with Gasteiger partial charge in [-0.25, -0.2) is 0 Å². The first-order valence-electron chi connectivity index (χ1n) is 6.96. The van der Waals surface area contributed by atoms with Crippen LogP contribution in [0.1, 0.15) is 19.3 Å². The second-order valence-electron chi connectivity index (χ2n) is 5.75. The average Bonchev–Trinajstić information content (AvgIpc) is 2.73. The number of aliphatic hydroxyl groups excluding tert-OH is 1. The van der Waals surface area contributed by atoms with E-state index in [1.807, 2.05) is 0 Å². The molecule has 2 rings (SSSR count). The normalized spacial score (nSPS) is 32.5. The SMILES string of the molecule is CN(C)CCN1CCN([C@H]2CCC[C@@H]2O)CC1. The fraction of sp³-hybridized carbons (Fsp3) is 1.00. The number of aliphatic hydroxyl groups is 1. The smallest absolute Gasteiger partial charge is 0.0695 e. The summed E-state index contributed by atoms with van der Waals surface area (Å²) >= 11 is 0. The lowest BCUT2D eigenvalue weighted by Crippen LogP contribution is -2.53. The Labute approximate surface area is 105 Å². The van der Waals surface area contributed by atoms with E-state index in [9.17, 15) is 5.11 Å². The second-order valence-corrected chi connectivity index (χ2v) is 5.75. The molecule has 2 fully saturated rings. The van der Waals surface area contributed by atoms with Gasteiger partial charge in [0.15, 0.2) is 0 Å². The van der Waals surface area contributed by atoms with Crippen molar-refractivity contribution in [3.8, 4) is 0 Å². The first-order valence-corrected chi connectivity index (χ1v) is 6.96. The van der Waals surface area contributed by atoms with Gasteiger partial charge in [-0.15, -0.1) is 0 Å². The number of likely N-dealkylation sites (N-methyl/N-ethyl adjacent to an activating group) is 1. The first kappa shape index (κ1) is 13.3. The zero-order valence-corrected chi connectivity index (χ0v) is 11.3. The minimum absolute atomic E-state index is 0.0664. The highest BCUT2D eigenvalue weighted by atomic mass is 16.3. The van der Waals surface area contributed by atoms with Crippen molar-refractivity contribution >= 4 is 0 Å². The van der Waals surface area contributed by atoms with Gasteiger partial charge in [-0.05, 0) is 33.4 Å². The molecule has 0 amide bonds. The summed E-state index contributed by atoms with van der Waals surface area (Å²) in [5.41, 5.74) is 0. The molecule has 4 nitrogen and oxygen atoms in total. The topological polar surface area (TPSA) is 30.0 Å². The van der Waals surface area contributed by atoms with E-state index in [1.54, 1.807) is 0 Å². The zero-order chi connectivity index (χ0) is 12.3. The first-order chi connectivity index (χ1) is 8.16. The summed E-state index contributed by atoms with van der Waals surface area (Å²) in [6, 6.07) is 0.450. The molecule has 1 N–H and O–H groups in total. The number of hydrogen-bond acceptors (Lipinski definition) is 4. The summed E-state index contributed by atoms with van der Waals surface area (Å²) in [6.45, 7) is 6.92. The Hall–Kier alpha value is -0.160. The standard InChI is InChI=1S/C13H27N3O/c1-14(2)6-7-15-8-10-16(11-9-15)12-4-3-5-13(12)17/h12-13,17H,3-11H2,1-2H3/t12-,13-/m0/s1. The van der Waals surface area contributed by atoms with Crippen molar-refractivity contribution in [3.63, 3.8) is 0 Å². The fourth-order valence-electron chi connectivity index (χ4n) is 3.01. The summed E-state index contributed by atoms with van der Waals surface area (Å²) in [6.07, 6.45) is 3.33. The van der Waals surface area contributed by atoms with Crippen molar-refractivity contribution in [2.45, 2.75) is 31.4 Å². The number of piperazine rings is 1. The summed E-state index contributed by atoms with van der Waals surface area (Å²) in [5.74, 6) is 0. The third-order valence-corrected chi connectivity index (χ3v) is 4.18. The summed E-state index contributed by atoms with van der Waals surface area (Å²) < 4.78 is 0. The highest BCUT2D eigenvalue weighted by Gasteiger charge is 2.32. The Morgan fingerprint density at radius 1 is 1.12 bits per heavy atom. The summed E-state index contributed by atoms with van der Waals surface area (Å²) in [7, 11) is 4.26. The van der Waals surface area contributed by atoms with Gasteiger partial charge in [0.25, 0.3) is 0 Å². The lowest BCUT2D eigenvalue weighted by molar-refractivity contribution is 0.0342. The van der Waals surface area contributed by atoms with Gasteiger partial charge < -0.3 is 10.0 Å². The van der Waals surface area contributed by atoms with E-state index in [0.29, 0.717) is 6.04 Å². The van der Waals surface area contributed by atoms with E-state index in [4.69, 9.17) is 0 Å². The highest BCUT2D eigenvalue weighted by Crippen LogP contribution is 2.24. The van der Waals surface area contributed by atoms with E-state index < -0.39 is 0 Å². The molecule has 100 valence electrons. The predicted molar refractivity (Wildman–Crippen MR) is 70.2 cm³/mol. The molecule has 0 unspecified atom stereocenters. The molecule has 2 aliphatic rings. The molecule has 0 aromatic carbocycles. The number of hydrogen-bond donors (Lipinski definition) is 1. The molecule has 1 heterocycles. The molecule has 17 heavy (non-hydrogen) atoms. The zero-order valence-electron chi connectivity index (χ0n) is 11.3. The van der Waals surface area contributed by atoms with E-state index >= 15 is 0 Å². The molecular formula is C13H27N3O. The molecule has 1 saturated heterocycles. The molecule has 0 bridgehead atoms. The van der Waals surface area contributed by atoms with Crippen molar-refractivity contribution in [2.75, 3.05) is 53.4 Å². The summed E-state index contributed by atoms with van der Waals surface area (Å²) in [4.78, 5) is 7.29. The maximum absolute atomic E-state index is 9.92. The maximum Gasteiger partial charge on any atom is 0.0695 e. The van der Waals surface area contributed by atoms with Crippen molar-refractivity contribution in [2.24, 2.45) is 0 Å². The lowest BCUT2D eigenvalue weighted by atomic mass is 10.1. The van der Waals surface area contributed by atoms with Gasteiger partial charge in [-0.3, -0.25) is 9.80 Å². The summed E-state index contributed by atoms with van der Waals surface area (Å²) in [5, 5.41) is 9.92. The molecule has 0 aromatic rings.